The Kier molecular flexibility index (Phi) is 2.34. The number of pyridine rings is 2. The van der Waals surface area contributed by atoms with Gasteiger partial charge in [0.05, 0.1) is 5.69 Å². The van der Waals surface area contributed by atoms with Gasteiger partial charge < -0.3 is 10.7 Å². The largest absolute Gasteiger partial charge is 0.394 e. The molecule has 0 aliphatic heterocycles. The van der Waals surface area contributed by atoms with Gasteiger partial charge in [-0.25, -0.2) is 0 Å². The zero-order chi connectivity index (χ0) is 12.5. The molecule has 1 aromatic carbocycles. The van der Waals surface area contributed by atoms with E-state index < -0.39 is 0 Å². The van der Waals surface area contributed by atoms with E-state index in [1.807, 2.05) is 30.3 Å². The van der Waals surface area contributed by atoms with E-state index in [-0.39, 0.29) is 11.2 Å². The number of nitrogen functional groups attached to an aromatic ring is 1. The van der Waals surface area contributed by atoms with E-state index in [4.69, 9.17) is 5.73 Å². The zero-order valence-electron chi connectivity index (χ0n) is 9.55. The van der Waals surface area contributed by atoms with Gasteiger partial charge in [0, 0.05) is 28.9 Å². The first-order valence-corrected chi connectivity index (χ1v) is 5.57. The lowest BCUT2D eigenvalue weighted by Crippen LogP contribution is -2.10. The van der Waals surface area contributed by atoms with Crippen molar-refractivity contribution in [1.29, 1.82) is 0 Å². The summed E-state index contributed by atoms with van der Waals surface area (Å²) in [4.78, 5) is 18.2. The van der Waals surface area contributed by atoms with Gasteiger partial charge >= 0.3 is 0 Å². The molecule has 0 atom stereocenters. The van der Waals surface area contributed by atoms with Crippen molar-refractivity contribution in [3.05, 3.63) is 59.1 Å². The highest BCUT2D eigenvalue weighted by atomic mass is 16.1. The number of hydrogen-bond acceptors (Lipinski definition) is 3. The number of aromatic nitrogens is 2. The Hall–Kier alpha value is -2.62. The van der Waals surface area contributed by atoms with Crippen molar-refractivity contribution in [2.24, 2.45) is 0 Å². The van der Waals surface area contributed by atoms with Crippen molar-refractivity contribution < 1.29 is 0 Å². The van der Waals surface area contributed by atoms with E-state index in [9.17, 15) is 4.79 Å². The summed E-state index contributed by atoms with van der Waals surface area (Å²) in [6, 6.07) is 11.4. The minimum atomic E-state index is -0.253. The van der Waals surface area contributed by atoms with E-state index in [1.54, 1.807) is 18.5 Å². The molecule has 3 aromatic rings. The van der Waals surface area contributed by atoms with E-state index >= 15 is 0 Å². The first-order valence-electron chi connectivity index (χ1n) is 5.57. The van der Waals surface area contributed by atoms with Gasteiger partial charge in [-0.2, -0.15) is 0 Å². The fourth-order valence-corrected chi connectivity index (χ4v) is 1.94. The van der Waals surface area contributed by atoms with Gasteiger partial charge in [-0.15, -0.1) is 0 Å². The van der Waals surface area contributed by atoms with Crippen molar-refractivity contribution in [2.75, 3.05) is 5.73 Å². The Bertz CT molecular complexity index is 763. The van der Waals surface area contributed by atoms with Crippen LogP contribution in [0.3, 0.4) is 0 Å². The number of nitrogens with one attached hydrogen (secondary N) is 1. The summed E-state index contributed by atoms with van der Waals surface area (Å²) < 4.78 is 0. The van der Waals surface area contributed by atoms with Gasteiger partial charge in [0.2, 0.25) is 0 Å². The fourth-order valence-electron chi connectivity index (χ4n) is 1.94. The van der Waals surface area contributed by atoms with Gasteiger partial charge in [-0.1, -0.05) is 12.1 Å². The molecule has 0 saturated heterocycles. The van der Waals surface area contributed by atoms with Crippen molar-refractivity contribution in [1.82, 2.24) is 9.97 Å². The van der Waals surface area contributed by atoms with Crippen LogP contribution in [0.15, 0.2) is 53.6 Å². The third-order valence-electron chi connectivity index (χ3n) is 2.87. The normalized spacial score (nSPS) is 10.7. The minimum Gasteiger partial charge on any atom is -0.394 e. The fraction of sp³-hybridized carbons (Fsp3) is 0. The molecule has 0 aliphatic rings. The Balaban J connectivity index is 2.23. The number of rotatable bonds is 1. The Labute approximate surface area is 103 Å². The first kappa shape index (κ1) is 10.5. The molecule has 3 N–H and O–H groups in total. The third kappa shape index (κ3) is 1.73. The zero-order valence-corrected chi connectivity index (χ0v) is 9.55. The quantitative estimate of drug-likeness (QED) is 0.681. The van der Waals surface area contributed by atoms with Crippen LogP contribution in [0, 0.1) is 0 Å². The van der Waals surface area contributed by atoms with Crippen LogP contribution in [-0.4, -0.2) is 9.97 Å². The number of H-pyrrole nitrogens is 1. The smallest absolute Gasteiger partial charge is 0.271 e. The Morgan fingerprint density at radius 1 is 1.11 bits per heavy atom. The van der Waals surface area contributed by atoms with Gasteiger partial charge in [0.1, 0.15) is 0 Å². The van der Waals surface area contributed by atoms with Gasteiger partial charge in [0.15, 0.2) is 0 Å². The average molecular weight is 237 g/mol. The first-order chi connectivity index (χ1) is 8.74. The van der Waals surface area contributed by atoms with Crippen LogP contribution in [0.4, 0.5) is 5.69 Å². The number of nitrogens with zero attached hydrogens (tertiary/aromatic N) is 1. The second-order valence-electron chi connectivity index (χ2n) is 4.10. The molecule has 0 amide bonds. The maximum atomic E-state index is 11.4. The van der Waals surface area contributed by atoms with Crippen LogP contribution in [0.25, 0.3) is 22.0 Å². The molecule has 0 radical (unpaired) electrons. The molecule has 2 aromatic heterocycles. The van der Waals surface area contributed by atoms with Crippen LogP contribution in [0.5, 0.6) is 0 Å². The molecule has 0 saturated carbocycles. The van der Waals surface area contributed by atoms with Crippen LogP contribution >= 0.6 is 0 Å². The number of benzene rings is 1. The second-order valence-corrected chi connectivity index (χ2v) is 4.10. The number of anilines is 1. The molecule has 0 fully saturated rings. The van der Waals surface area contributed by atoms with Crippen LogP contribution in [0.2, 0.25) is 0 Å². The lowest BCUT2D eigenvalue weighted by Gasteiger charge is -2.04. The molecular weight excluding hydrogens is 226 g/mol. The van der Waals surface area contributed by atoms with E-state index in [0.717, 1.165) is 22.0 Å². The van der Waals surface area contributed by atoms with Crippen molar-refractivity contribution in [3.8, 4) is 11.1 Å². The summed E-state index contributed by atoms with van der Waals surface area (Å²) >= 11 is 0. The summed E-state index contributed by atoms with van der Waals surface area (Å²) in [5, 5.41) is 0.911. The molecule has 3 rings (SSSR count). The lowest BCUT2D eigenvalue weighted by molar-refractivity contribution is 1.31. The standard InChI is InChI=1S/C14H11N3O/c15-12-7-11-6-9(10-2-1-5-16-8-10)3-4-13(11)17-14(12)18/h1-8H,15H2,(H,17,18). The maximum absolute atomic E-state index is 11.4. The molecule has 0 spiro atoms. The topological polar surface area (TPSA) is 71.8 Å². The monoisotopic (exact) mass is 237 g/mol. The number of nitrogens with two attached hydrogens (primary N) is 1. The predicted molar refractivity (Wildman–Crippen MR) is 72.2 cm³/mol. The van der Waals surface area contributed by atoms with E-state index in [0.29, 0.717) is 0 Å². The molecular formula is C14H11N3O. The summed E-state index contributed by atoms with van der Waals surface area (Å²) in [6.45, 7) is 0. The molecule has 88 valence electrons. The van der Waals surface area contributed by atoms with E-state index in [2.05, 4.69) is 9.97 Å². The molecule has 4 nitrogen and oxygen atoms in total. The summed E-state index contributed by atoms with van der Waals surface area (Å²) in [6.07, 6.45) is 3.54. The molecule has 4 heteroatoms. The number of aromatic amines is 1. The molecule has 0 aliphatic carbocycles. The Morgan fingerprint density at radius 2 is 2.00 bits per heavy atom. The Morgan fingerprint density at radius 3 is 2.78 bits per heavy atom. The van der Waals surface area contributed by atoms with Crippen molar-refractivity contribution in [3.63, 3.8) is 0 Å². The molecule has 18 heavy (non-hydrogen) atoms. The molecule has 2 heterocycles. The highest BCUT2D eigenvalue weighted by Crippen LogP contribution is 2.22. The predicted octanol–water partition coefficient (Wildman–Crippen LogP) is 2.17. The lowest BCUT2D eigenvalue weighted by atomic mass is 10.0. The maximum Gasteiger partial charge on any atom is 0.271 e. The van der Waals surface area contributed by atoms with Crippen molar-refractivity contribution in [2.45, 2.75) is 0 Å². The average Bonchev–Trinajstić information content (AvgIpc) is 2.41. The van der Waals surface area contributed by atoms with Gasteiger partial charge in [-0.05, 0) is 29.8 Å². The van der Waals surface area contributed by atoms with Crippen LogP contribution < -0.4 is 11.3 Å². The van der Waals surface area contributed by atoms with Gasteiger partial charge in [-0.3, -0.25) is 9.78 Å². The van der Waals surface area contributed by atoms with E-state index in [1.165, 1.54) is 0 Å². The van der Waals surface area contributed by atoms with Crippen molar-refractivity contribution >= 4 is 16.6 Å². The number of hydrogen-bond donors (Lipinski definition) is 2. The highest BCUT2D eigenvalue weighted by Gasteiger charge is 2.02. The minimum absolute atomic E-state index is 0.228. The molecule has 0 bridgehead atoms. The SMILES string of the molecule is Nc1cc2cc(-c3cccnc3)ccc2[nH]c1=O. The number of fused-ring (bicyclic) bond motifs is 1. The summed E-state index contributed by atoms with van der Waals surface area (Å²) in [5.41, 5.74) is 8.45. The summed E-state index contributed by atoms with van der Waals surface area (Å²) in [7, 11) is 0. The summed E-state index contributed by atoms with van der Waals surface area (Å²) in [5.74, 6) is 0. The van der Waals surface area contributed by atoms with Gasteiger partial charge in [0.25, 0.3) is 5.56 Å². The molecule has 0 unspecified atom stereocenters. The second kappa shape index (κ2) is 4.00. The highest BCUT2D eigenvalue weighted by molar-refractivity contribution is 5.86. The third-order valence-corrected chi connectivity index (χ3v) is 2.87. The van der Waals surface area contributed by atoms with Crippen LogP contribution in [-0.2, 0) is 0 Å². The van der Waals surface area contributed by atoms with Crippen LogP contribution in [0.1, 0.15) is 0 Å².